The molecular weight excluding hydrogens is 573 g/mol. The summed E-state index contributed by atoms with van der Waals surface area (Å²) in [5.74, 6) is 1.02. The summed E-state index contributed by atoms with van der Waals surface area (Å²) in [5.41, 5.74) is 4.99. The number of fused-ring (bicyclic) bond motifs is 1. The number of ether oxygens (including phenoxy) is 3. The van der Waals surface area contributed by atoms with Crippen molar-refractivity contribution in [3.05, 3.63) is 100 Å². The molecule has 0 aromatic heterocycles. The van der Waals surface area contributed by atoms with Gasteiger partial charge in [0.15, 0.2) is 0 Å². The molecule has 0 aliphatic carbocycles. The van der Waals surface area contributed by atoms with E-state index in [-0.39, 0.29) is 22.2 Å². The average molecular weight is 609 g/mol. The van der Waals surface area contributed by atoms with Gasteiger partial charge in [0, 0.05) is 64.0 Å². The first-order valence-electron chi connectivity index (χ1n) is 12.7. The van der Waals surface area contributed by atoms with Crippen LogP contribution in [0.25, 0.3) is 0 Å². The van der Waals surface area contributed by atoms with E-state index >= 15 is 0 Å². The van der Waals surface area contributed by atoms with Gasteiger partial charge in [-0.3, -0.25) is 5.41 Å². The van der Waals surface area contributed by atoms with Gasteiger partial charge in [-0.1, -0.05) is 29.8 Å². The third kappa shape index (κ3) is 7.88. The van der Waals surface area contributed by atoms with Gasteiger partial charge in [0.2, 0.25) is 5.90 Å². The summed E-state index contributed by atoms with van der Waals surface area (Å²) in [7, 11) is 3.29. The number of hydrogen-bond acceptors (Lipinski definition) is 6. The van der Waals surface area contributed by atoms with Crippen LogP contribution in [0.2, 0.25) is 5.02 Å². The first kappa shape index (κ1) is 32.9. The van der Waals surface area contributed by atoms with Gasteiger partial charge in [-0.15, -0.1) is 0 Å². The molecule has 3 aromatic carbocycles. The second-order valence-electron chi connectivity index (χ2n) is 9.20. The van der Waals surface area contributed by atoms with Crippen molar-refractivity contribution in [2.24, 2.45) is 0 Å². The fourth-order valence-electron chi connectivity index (χ4n) is 4.75. The maximum Gasteiger partial charge on any atom is 0.210 e. The molecule has 1 unspecified atom stereocenters. The fraction of sp³-hybridized carbons (Fsp3) is 0.290. The standard InChI is InChI=1S/C21H23ClN2O.C10H13NO3.Co/c1-4-24-19-10-9-17(25-3)13-18(19)21(2,20(24)11-12-23)14-15-5-7-16(22)8-6-15;1-13-5-6-14-9-4-2-3-8(7-9)10(11)12;/h5-13,23H,4,14H2,1-3H3;2-4,7H,5-6H2,1H3,(H2,11,12);/b20-11-,23-12?;;. The second kappa shape index (κ2) is 15.5. The normalized spacial score (nSPS) is 16.3. The van der Waals surface area contributed by atoms with Crippen LogP contribution in [0.4, 0.5) is 5.69 Å². The zero-order valence-electron chi connectivity index (χ0n) is 23.2. The number of nitrogens with zero attached hydrogens (tertiary/aromatic N) is 1. The molecule has 215 valence electrons. The number of anilines is 1. The number of methoxy groups -OCH3 is 2. The van der Waals surface area contributed by atoms with E-state index in [1.54, 1.807) is 38.5 Å². The second-order valence-corrected chi connectivity index (χ2v) is 9.64. The number of rotatable bonds is 10. The van der Waals surface area contributed by atoms with Crippen LogP contribution < -0.4 is 14.4 Å². The van der Waals surface area contributed by atoms with E-state index in [4.69, 9.17) is 41.7 Å². The zero-order chi connectivity index (χ0) is 28.4. The minimum Gasteiger partial charge on any atom is -0.497 e. The number of allylic oxidation sites excluding steroid dienone is 2. The molecule has 1 aliphatic heterocycles. The molecule has 1 radical (unpaired) electrons. The van der Waals surface area contributed by atoms with Crippen molar-refractivity contribution in [2.45, 2.75) is 25.7 Å². The van der Waals surface area contributed by atoms with E-state index in [1.165, 1.54) is 23.0 Å². The largest absolute Gasteiger partial charge is 0.497 e. The van der Waals surface area contributed by atoms with Crippen molar-refractivity contribution in [1.29, 1.82) is 10.8 Å². The predicted molar refractivity (Wildman–Crippen MR) is 159 cm³/mol. The molecule has 1 atom stereocenters. The molecule has 1 heterocycles. The molecule has 1 aliphatic rings. The Morgan fingerprint density at radius 1 is 1.02 bits per heavy atom. The fourth-order valence-corrected chi connectivity index (χ4v) is 4.88. The Hall–Kier alpha value is -3.30. The molecule has 0 spiro atoms. The Morgan fingerprint density at radius 3 is 2.35 bits per heavy atom. The van der Waals surface area contributed by atoms with Gasteiger partial charge < -0.3 is 29.6 Å². The summed E-state index contributed by atoms with van der Waals surface area (Å²) >= 11 is 6.04. The van der Waals surface area contributed by atoms with Gasteiger partial charge in [0.1, 0.15) is 18.1 Å². The molecule has 9 heteroatoms. The average Bonchev–Trinajstić information content (AvgIpc) is 3.17. The van der Waals surface area contributed by atoms with Crippen LogP contribution in [0.15, 0.2) is 78.5 Å². The maximum absolute atomic E-state index is 8.92. The molecule has 3 N–H and O–H groups in total. The predicted octanol–water partition coefficient (Wildman–Crippen LogP) is 6.82. The van der Waals surface area contributed by atoms with Gasteiger partial charge in [0.05, 0.1) is 13.7 Å². The topological polar surface area (TPSA) is 98.9 Å². The summed E-state index contributed by atoms with van der Waals surface area (Å²) in [6, 6.07) is 21.0. The summed E-state index contributed by atoms with van der Waals surface area (Å²) < 4.78 is 15.6. The molecule has 0 saturated carbocycles. The molecule has 4 rings (SSSR count). The molecule has 7 nitrogen and oxygen atoms in total. The number of aliphatic hydroxyl groups excluding tert-OH is 1. The van der Waals surface area contributed by atoms with Crippen molar-refractivity contribution < 1.29 is 36.1 Å². The van der Waals surface area contributed by atoms with Crippen molar-refractivity contribution >= 4 is 29.4 Å². The van der Waals surface area contributed by atoms with Crippen molar-refractivity contribution in [3.63, 3.8) is 0 Å². The van der Waals surface area contributed by atoms with E-state index in [9.17, 15) is 0 Å². The van der Waals surface area contributed by atoms with Crippen LogP contribution in [-0.2, 0) is 33.4 Å². The third-order valence-corrected chi connectivity index (χ3v) is 6.89. The van der Waals surface area contributed by atoms with E-state index in [1.807, 2.05) is 24.3 Å². The smallest absolute Gasteiger partial charge is 0.210 e. The van der Waals surface area contributed by atoms with Gasteiger partial charge in [-0.05, 0) is 86.0 Å². The zero-order valence-corrected chi connectivity index (χ0v) is 25.0. The van der Waals surface area contributed by atoms with Crippen LogP contribution in [0.5, 0.6) is 11.5 Å². The first-order valence-corrected chi connectivity index (χ1v) is 13.1. The van der Waals surface area contributed by atoms with Crippen molar-refractivity contribution in [1.82, 2.24) is 0 Å². The van der Waals surface area contributed by atoms with Crippen LogP contribution in [-0.4, -0.2) is 51.2 Å². The molecule has 0 amide bonds. The van der Waals surface area contributed by atoms with Crippen molar-refractivity contribution in [2.75, 3.05) is 38.9 Å². The van der Waals surface area contributed by atoms with E-state index < -0.39 is 5.90 Å². The Balaban J connectivity index is 0.000000320. The van der Waals surface area contributed by atoms with Crippen LogP contribution >= 0.6 is 11.6 Å². The molecule has 0 bridgehead atoms. The summed E-state index contributed by atoms with van der Waals surface area (Å²) in [6.07, 6.45) is 4.12. The summed E-state index contributed by atoms with van der Waals surface area (Å²) in [4.78, 5) is 2.29. The van der Waals surface area contributed by atoms with Gasteiger partial charge in [-0.25, -0.2) is 0 Å². The van der Waals surface area contributed by atoms with Gasteiger partial charge in [0.25, 0.3) is 0 Å². The minimum absolute atomic E-state index is 0. The van der Waals surface area contributed by atoms with Crippen LogP contribution in [0.3, 0.4) is 0 Å². The number of aliphatic hydroxyl groups is 1. The Morgan fingerprint density at radius 2 is 1.75 bits per heavy atom. The van der Waals surface area contributed by atoms with E-state index in [0.29, 0.717) is 24.5 Å². The van der Waals surface area contributed by atoms with Gasteiger partial charge >= 0.3 is 0 Å². The number of hydrogen-bond donors (Lipinski definition) is 3. The van der Waals surface area contributed by atoms with Crippen LogP contribution in [0.1, 0.15) is 30.5 Å². The van der Waals surface area contributed by atoms with Crippen molar-refractivity contribution in [3.8, 4) is 11.5 Å². The Kier molecular flexibility index (Phi) is 12.7. The number of benzene rings is 3. The Bertz CT molecular complexity index is 1320. The summed E-state index contributed by atoms with van der Waals surface area (Å²) in [5, 5.41) is 24.3. The SMILES string of the molecule is CCN1/C(=C\C=N)C(C)(Cc2ccc(Cl)cc2)c2cc(OC)ccc21.COCCOc1cccc(C(=N)O)c1.[Co]. The van der Waals surface area contributed by atoms with E-state index in [2.05, 4.69) is 43.0 Å². The number of likely N-dealkylation sites (N-methyl/N-ethyl adjacent to an activating group) is 1. The molecule has 0 fully saturated rings. The first-order chi connectivity index (χ1) is 18.8. The number of nitrogens with one attached hydrogen (secondary N) is 2. The molecular formula is C31H36ClCoN3O4. The molecule has 3 aromatic rings. The third-order valence-electron chi connectivity index (χ3n) is 6.64. The Labute approximate surface area is 251 Å². The molecule has 40 heavy (non-hydrogen) atoms. The van der Waals surface area contributed by atoms with E-state index in [0.717, 1.165) is 29.4 Å². The number of halogens is 1. The van der Waals surface area contributed by atoms with Crippen LogP contribution in [0, 0.1) is 10.8 Å². The molecule has 0 saturated heterocycles. The quantitative estimate of drug-likeness (QED) is 0.133. The minimum atomic E-state index is -0.456. The maximum atomic E-state index is 8.92. The van der Waals surface area contributed by atoms with Gasteiger partial charge in [-0.2, -0.15) is 0 Å². The monoisotopic (exact) mass is 608 g/mol. The summed E-state index contributed by atoms with van der Waals surface area (Å²) in [6.45, 7) is 6.21.